The summed E-state index contributed by atoms with van der Waals surface area (Å²) in [5.74, 6) is -0.0785. The van der Waals surface area contributed by atoms with Crippen molar-refractivity contribution >= 4 is 30.0 Å². The zero-order valence-electron chi connectivity index (χ0n) is 25.9. The molecule has 0 radical (unpaired) electrons. The number of carbonyl (C=O) groups is 1. The zero-order valence-corrected chi connectivity index (χ0v) is 27.5. The van der Waals surface area contributed by atoms with Gasteiger partial charge in [0.15, 0.2) is 0 Å². The van der Waals surface area contributed by atoms with E-state index in [0.29, 0.717) is 10.7 Å². The molecule has 0 amide bonds. The topological polar surface area (TPSA) is 78.6 Å². The molecule has 0 spiro atoms. The third kappa shape index (κ3) is 20.7. The molecule has 230 valence electrons. The van der Waals surface area contributed by atoms with Gasteiger partial charge in [-0.1, -0.05) is 86.6 Å². The highest BCUT2D eigenvalue weighted by atomic mass is 35.5. The molecule has 1 aromatic rings. The largest absolute Gasteiger partial charge is 0.402 e. The summed E-state index contributed by atoms with van der Waals surface area (Å²) >= 11 is 11.5. The Bertz CT molecular complexity index is 866. The highest BCUT2D eigenvalue weighted by Crippen LogP contribution is 2.43. The van der Waals surface area contributed by atoms with Gasteiger partial charge in [0.2, 0.25) is 0 Å². The summed E-state index contributed by atoms with van der Waals surface area (Å²) in [7, 11) is 3.75. The maximum absolute atomic E-state index is 14.3. The molecule has 0 saturated carbocycles. The van der Waals surface area contributed by atoms with Crippen LogP contribution in [0.2, 0.25) is 5.02 Å². The maximum Gasteiger partial charge on any atom is 0.145 e. The Morgan fingerprint density at radius 2 is 1.77 bits per heavy atom. The molecule has 1 aromatic carbocycles. The van der Waals surface area contributed by atoms with Gasteiger partial charge in [0.05, 0.1) is 5.02 Å². The summed E-state index contributed by atoms with van der Waals surface area (Å²) in [4.78, 5) is 10.4. The number of nitrogens with zero attached hydrogens (tertiary/aromatic N) is 1. The second-order valence-corrected chi connectivity index (χ2v) is 9.41. The number of aliphatic hydroxyl groups excluding tert-OH is 1. The lowest BCUT2D eigenvalue weighted by atomic mass is 9.82. The molecule has 4 N–H and O–H groups in total. The van der Waals surface area contributed by atoms with Crippen LogP contribution in [-0.2, 0) is 4.79 Å². The van der Waals surface area contributed by atoms with Crippen LogP contribution in [-0.4, -0.2) is 56.1 Å². The predicted octanol–water partition coefficient (Wildman–Crippen LogP) is 8.01. The number of halogens is 3. The first-order valence-corrected chi connectivity index (χ1v) is 14.1. The molecule has 1 heterocycles. The number of nitrogens with one attached hydrogen (secondary N) is 1. The molecule has 40 heavy (non-hydrogen) atoms. The molecule has 0 bridgehead atoms. The van der Waals surface area contributed by atoms with Gasteiger partial charge >= 0.3 is 0 Å². The molecule has 1 atom stereocenters. The molecule has 0 aromatic heterocycles. The van der Waals surface area contributed by atoms with Crippen molar-refractivity contribution in [3.05, 3.63) is 94.9 Å². The second kappa shape index (κ2) is 29.8. The first kappa shape index (κ1) is 44.8. The number of likely N-dealkylation sites (tertiary alicyclic amines) is 1. The van der Waals surface area contributed by atoms with Crippen molar-refractivity contribution in [3.63, 3.8) is 0 Å². The Hall–Kier alpha value is -2.22. The lowest BCUT2D eigenvalue weighted by molar-refractivity contribution is -0.0980. The predicted molar refractivity (Wildman–Crippen MR) is 177 cm³/mol. The van der Waals surface area contributed by atoms with E-state index in [4.69, 9.17) is 38.8 Å². The molecule has 1 aliphatic rings. The number of hydrogen-bond acceptors (Lipinski definition) is 5. The molecule has 1 unspecified atom stereocenters. The smallest absolute Gasteiger partial charge is 0.145 e. The van der Waals surface area contributed by atoms with Crippen LogP contribution in [0, 0.1) is 5.82 Å². The summed E-state index contributed by atoms with van der Waals surface area (Å²) < 4.78 is 14.3. The minimum absolute atomic E-state index is 0.0620. The molecule has 1 saturated heterocycles. The molecule has 0 aliphatic carbocycles. The van der Waals surface area contributed by atoms with Gasteiger partial charge in [0.25, 0.3) is 0 Å². The molecule has 8 heteroatoms. The first-order valence-electron chi connectivity index (χ1n) is 13.3. The van der Waals surface area contributed by atoms with Gasteiger partial charge in [-0.05, 0) is 85.0 Å². The van der Waals surface area contributed by atoms with Gasteiger partial charge in [0.1, 0.15) is 12.6 Å². The quantitative estimate of drug-likeness (QED) is 0.276. The van der Waals surface area contributed by atoms with E-state index >= 15 is 0 Å². The van der Waals surface area contributed by atoms with Crippen molar-refractivity contribution in [2.75, 3.05) is 33.8 Å². The van der Waals surface area contributed by atoms with Crippen LogP contribution in [0.3, 0.4) is 0 Å². The minimum Gasteiger partial charge on any atom is -0.402 e. The number of rotatable bonds is 7. The lowest BCUT2D eigenvalue weighted by Gasteiger charge is -2.36. The van der Waals surface area contributed by atoms with E-state index in [1.54, 1.807) is 44.2 Å². The van der Waals surface area contributed by atoms with E-state index in [9.17, 15) is 4.39 Å². The van der Waals surface area contributed by atoms with Gasteiger partial charge in [-0.15, -0.1) is 0 Å². The zero-order chi connectivity index (χ0) is 32.1. The first-order chi connectivity index (χ1) is 19.0. The fourth-order valence-corrected chi connectivity index (χ4v) is 4.12. The van der Waals surface area contributed by atoms with Crippen molar-refractivity contribution in [3.8, 4) is 0 Å². The lowest BCUT2D eigenvalue weighted by Crippen LogP contribution is -2.42. The molecular weight excluding hydrogens is 548 g/mol. The van der Waals surface area contributed by atoms with Crippen LogP contribution in [0.25, 0.3) is 0 Å². The standard InChI is InChI=1S/C18H23ClFN.C7H10ClN.C2H7N.C2H6O.C2H6.CH2O/c1-4-5-6-7-12-21-13-11-15(18(21,2)3)14-9-8-10-16(19)17(14)20;1-3-4-7(8)5-6(2)9;1-3-2;1-2-3;2*1-2/h4-6,8-10,15H,1,7,11-13H2,2-3H3;3-5H,1,9H2,2H3;3H,1-2H3;3H,2H2,1H3;1-2H3;1H2/b6-5-;6-5+,7-4+;;;;. The fourth-order valence-electron chi connectivity index (χ4n) is 3.67. The van der Waals surface area contributed by atoms with Crippen LogP contribution in [0.5, 0.6) is 0 Å². The van der Waals surface area contributed by atoms with Gasteiger partial charge in [-0.3, -0.25) is 4.90 Å². The second-order valence-electron chi connectivity index (χ2n) is 8.57. The molecule has 2 rings (SSSR count). The normalized spacial score (nSPS) is 15.8. The number of aliphatic hydroxyl groups is 1. The molecule has 1 aliphatic heterocycles. The highest BCUT2D eigenvalue weighted by molar-refractivity contribution is 6.31. The van der Waals surface area contributed by atoms with Gasteiger partial charge in [-0.25, -0.2) is 4.39 Å². The van der Waals surface area contributed by atoms with Crippen molar-refractivity contribution in [1.82, 2.24) is 10.2 Å². The third-order valence-electron chi connectivity index (χ3n) is 5.19. The van der Waals surface area contributed by atoms with Gasteiger partial charge in [-0.2, -0.15) is 0 Å². The summed E-state index contributed by atoms with van der Waals surface area (Å²) in [6.07, 6.45) is 12.8. The van der Waals surface area contributed by atoms with E-state index < -0.39 is 0 Å². The van der Waals surface area contributed by atoms with Crippen molar-refractivity contribution in [2.24, 2.45) is 5.73 Å². The Morgan fingerprint density at radius 1 is 1.25 bits per heavy atom. The van der Waals surface area contributed by atoms with Crippen LogP contribution in [0.15, 0.2) is 78.5 Å². The fraction of sp³-hybridized carbons (Fsp3) is 0.469. The van der Waals surface area contributed by atoms with E-state index in [-0.39, 0.29) is 28.9 Å². The molecule has 5 nitrogen and oxygen atoms in total. The van der Waals surface area contributed by atoms with Gasteiger partial charge in [0, 0.05) is 35.3 Å². The Labute approximate surface area is 254 Å². The minimum atomic E-state index is -0.259. The van der Waals surface area contributed by atoms with Crippen LogP contribution in [0.4, 0.5) is 4.39 Å². The van der Waals surface area contributed by atoms with E-state index in [2.05, 4.69) is 43.3 Å². The average Bonchev–Trinajstić information content (AvgIpc) is 3.20. The SMILES string of the molecule is C=C/C=C(Cl)\C=C(/C)N.C=C/C=C\CCN1CCC(c2cccc(Cl)c2F)C1(C)C.C=O.CC.CCO.CNC. The number of hydrogen-bond donors (Lipinski definition) is 3. The summed E-state index contributed by atoms with van der Waals surface area (Å²) in [5.41, 5.74) is 6.70. The third-order valence-corrected chi connectivity index (χ3v) is 5.72. The highest BCUT2D eigenvalue weighted by Gasteiger charge is 2.42. The number of nitrogens with two attached hydrogens (primary N) is 1. The maximum atomic E-state index is 14.3. The summed E-state index contributed by atoms with van der Waals surface area (Å²) in [6.45, 7) is 23.2. The Kier molecular flexibility index (Phi) is 33.3. The number of allylic oxidation sites excluding steroid dienone is 7. The van der Waals surface area contributed by atoms with Crippen molar-refractivity contribution in [2.45, 2.75) is 65.8 Å². The monoisotopic (exact) mass is 601 g/mol. The number of benzene rings is 1. The van der Waals surface area contributed by atoms with E-state index in [1.165, 1.54) is 0 Å². The molecule has 1 fully saturated rings. The van der Waals surface area contributed by atoms with Crippen LogP contribution < -0.4 is 11.1 Å². The van der Waals surface area contributed by atoms with E-state index in [0.717, 1.165) is 31.5 Å². The van der Waals surface area contributed by atoms with Gasteiger partial charge < -0.3 is 21.0 Å². The Balaban J connectivity index is -0.000000284. The van der Waals surface area contributed by atoms with E-state index in [1.807, 2.05) is 52.9 Å². The van der Waals surface area contributed by atoms with Crippen molar-refractivity contribution < 1.29 is 14.3 Å². The number of carbonyl (C=O) groups excluding carboxylic acids is 1. The van der Waals surface area contributed by atoms with Crippen LogP contribution in [0.1, 0.15) is 65.9 Å². The van der Waals surface area contributed by atoms with Crippen LogP contribution >= 0.6 is 23.2 Å². The Morgan fingerprint density at radius 3 is 2.23 bits per heavy atom. The summed E-state index contributed by atoms with van der Waals surface area (Å²) in [6, 6.07) is 5.32. The molecular formula is C32H54Cl2FN3O2. The average molecular weight is 603 g/mol. The van der Waals surface area contributed by atoms with Crippen molar-refractivity contribution in [1.29, 1.82) is 0 Å². The summed E-state index contributed by atoms with van der Waals surface area (Å²) in [5, 5.41) is 11.1.